The van der Waals surface area contributed by atoms with E-state index in [-0.39, 0.29) is 23.2 Å². The van der Waals surface area contributed by atoms with E-state index in [4.69, 9.17) is 19.1 Å². The molecule has 1 aromatic carbocycles. The van der Waals surface area contributed by atoms with Crippen LogP contribution in [0.25, 0.3) is 0 Å². The van der Waals surface area contributed by atoms with Gasteiger partial charge in [-0.2, -0.15) is 9.59 Å². The molecule has 18 heavy (non-hydrogen) atoms. The molecule has 0 radical (unpaired) electrons. The van der Waals surface area contributed by atoms with E-state index in [1.165, 1.54) is 20.3 Å². The van der Waals surface area contributed by atoms with Crippen LogP contribution in [0.5, 0.6) is 11.5 Å². The summed E-state index contributed by atoms with van der Waals surface area (Å²) in [6.07, 6.45) is 1.23. The molecular weight excluding hydrogens is 246 g/mol. The molecule has 0 aliphatic carbocycles. The van der Waals surface area contributed by atoms with Crippen LogP contribution in [0, 0.1) is 11.6 Å². The van der Waals surface area contributed by atoms with Gasteiger partial charge in [-0.15, -0.1) is 0 Å². The van der Waals surface area contributed by atoms with Crippen LogP contribution in [0.4, 0.5) is 8.78 Å². The fraction of sp³-hybridized carbons (Fsp3) is 0.417. The molecule has 0 fully saturated rings. The summed E-state index contributed by atoms with van der Waals surface area (Å²) >= 11 is 0. The fourth-order valence-corrected chi connectivity index (χ4v) is 1.41. The van der Waals surface area contributed by atoms with Crippen LogP contribution >= 0.6 is 0 Å². The second kappa shape index (κ2) is 8.20. The monoisotopic (exact) mass is 260 g/mol. The van der Waals surface area contributed by atoms with E-state index in [1.807, 2.05) is 6.92 Å². The Morgan fingerprint density at radius 2 is 1.50 bits per heavy atom. The number of rotatable bonds is 4. The van der Waals surface area contributed by atoms with Gasteiger partial charge in [0, 0.05) is 11.6 Å². The van der Waals surface area contributed by atoms with E-state index in [2.05, 4.69) is 0 Å². The summed E-state index contributed by atoms with van der Waals surface area (Å²) in [6.45, 7) is 1.85. The van der Waals surface area contributed by atoms with E-state index in [9.17, 15) is 8.78 Å². The minimum Gasteiger partial charge on any atom is -0.494 e. The van der Waals surface area contributed by atoms with E-state index >= 15 is 0 Å². The smallest absolute Gasteiger partial charge is 0.373 e. The Labute approximate surface area is 104 Å². The summed E-state index contributed by atoms with van der Waals surface area (Å²) in [5, 5.41) is 0. The number of hydrogen-bond donors (Lipinski definition) is 0. The Bertz CT molecular complexity index is 398. The lowest BCUT2D eigenvalue weighted by Crippen LogP contribution is -2.02. The Kier molecular flexibility index (Phi) is 7.31. The molecule has 1 aromatic rings. The molecule has 0 heterocycles. The van der Waals surface area contributed by atoms with Gasteiger partial charge < -0.3 is 9.47 Å². The molecule has 0 spiro atoms. The van der Waals surface area contributed by atoms with Gasteiger partial charge in [0.25, 0.3) is 0 Å². The first-order chi connectivity index (χ1) is 8.56. The topological polar surface area (TPSA) is 52.6 Å². The van der Waals surface area contributed by atoms with Gasteiger partial charge in [-0.25, -0.2) is 8.78 Å². The second-order valence-corrected chi connectivity index (χ2v) is 3.22. The van der Waals surface area contributed by atoms with Gasteiger partial charge in [0.2, 0.25) is 0 Å². The zero-order chi connectivity index (χ0) is 14.1. The summed E-state index contributed by atoms with van der Waals surface area (Å²) in [5.41, 5.74) is 0.0219. The van der Waals surface area contributed by atoms with Crippen molar-refractivity contribution in [3.05, 3.63) is 23.3 Å². The first kappa shape index (κ1) is 16.1. The first-order valence-corrected chi connectivity index (χ1v) is 5.15. The van der Waals surface area contributed by atoms with Crippen molar-refractivity contribution in [3.63, 3.8) is 0 Å². The number of hydrogen-bond acceptors (Lipinski definition) is 4. The Hall–Kier alpha value is -1.94. The minimum atomic E-state index is -0.641. The Morgan fingerprint density at radius 3 is 1.78 bits per heavy atom. The minimum absolute atomic E-state index is 0.0108. The van der Waals surface area contributed by atoms with Crippen molar-refractivity contribution in [3.8, 4) is 11.5 Å². The molecule has 100 valence electrons. The highest BCUT2D eigenvalue weighted by Gasteiger charge is 2.18. The Balaban J connectivity index is 0.000000873. The molecule has 6 heteroatoms. The molecule has 0 unspecified atom stereocenters. The molecular formula is C12H14F2O4. The molecule has 0 aromatic heterocycles. The zero-order valence-corrected chi connectivity index (χ0v) is 10.4. The normalized spacial score (nSPS) is 8.94. The van der Waals surface area contributed by atoms with Crippen LogP contribution < -0.4 is 9.47 Å². The Morgan fingerprint density at radius 1 is 1.11 bits per heavy atom. The molecule has 0 bridgehead atoms. The predicted molar refractivity (Wildman–Crippen MR) is 58.5 cm³/mol. The SMILES string of the molecule is CCCc1c(F)c(OC)cc(OC)c1F.O=C=O. The predicted octanol–water partition coefficient (Wildman–Crippen LogP) is 2.35. The molecule has 0 amide bonds. The largest absolute Gasteiger partial charge is 0.494 e. The molecule has 0 saturated carbocycles. The highest BCUT2D eigenvalue weighted by Crippen LogP contribution is 2.31. The standard InChI is InChI=1S/C11H14F2O2.CO2/c1-4-5-7-10(12)8(14-2)6-9(15-3)11(7)13;2-1-3/h6H,4-5H2,1-3H3;. The lowest BCUT2D eigenvalue weighted by atomic mass is 10.1. The summed E-state index contributed by atoms with van der Waals surface area (Å²) in [5.74, 6) is -1.26. The van der Waals surface area contributed by atoms with Crippen LogP contribution in [-0.4, -0.2) is 20.4 Å². The van der Waals surface area contributed by atoms with Crippen molar-refractivity contribution in [2.75, 3.05) is 14.2 Å². The van der Waals surface area contributed by atoms with Gasteiger partial charge in [0.1, 0.15) is 0 Å². The van der Waals surface area contributed by atoms with Crippen LogP contribution in [0.2, 0.25) is 0 Å². The molecule has 0 aliphatic heterocycles. The number of halogens is 2. The molecule has 0 atom stereocenters. The summed E-state index contributed by atoms with van der Waals surface area (Å²) in [6, 6.07) is 1.21. The average Bonchev–Trinajstić information content (AvgIpc) is 2.36. The van der Waals surface area contributed by atoms with E-state index in [1.54, 1.807) is 0 Å². The van der Waals surface area contributed by atoms with E-state index in [0.29, 0.717) is 12.8 Å². The number of ether oxygens (including phenoxy) is 2. The van der Waals surface area contributed by atoms with Gasteiger partial charge in [-0.3, -0.25) is 0 Å². The van der Waals surface area contributed by atoms with Gasteiger partial charge in [-0.05, 0) is 6.42 Å². The third-order valence-electron chi connectivity index (χ3n) is 2.16. The third-order valence-corrected chi connectivity index (χ3v) is 2.16. The number of benzene rings is 1. The van der Waals surface area contributed by atoms with Crippen molar-refractivity contribution in [2.24, 2.45) is 0 Å². The zero-order valence-electron chi connectivity index (χ0n) is 10.4. The van der Waals surface area contributed by atoms with Gasteiger partial charge in [-0.1, -0.05) is 13.3 Å². The van der Waals surface area contributed by atoms with E-state index in [0.717, 1.165) is 0 Å². The molecule has 0 N–H and O–H groups in total. The van der Waals surface area contributed by atoms with Gasteiger partial charge in [0.15, 0.2) is 23.1 Å². The summed E-state index contributed by atoms with van der Waals surface area (Å²) in [7, 11) is 2.68. The number of carbonyl (C=O) groups excluding carboxylic acids is 2. The molecule has 0 saturated heterocycles. The highest BCUT2D eigenvalue weighted by molar-refractivity contribution is 5.41. The van der Waals surface area contributed by atoms with Crippen LogP contribution in [0.3, 0.4) is 0 Å². The van der Waals surface area contributed by atoms with Crippen LogP contribution in [-0.2, 0) is 16.0 Å². The second-order valence-electron chi connectivity index (χ2n) is 3.22. The lowest BCUT2D eigenvalue weighted by Gasteiger charge is -2.11. The lowest BCUT2D eigenvalue weighted by molar-refractivity contribution is -0.191. The van der Waals surface area contributed by atoms with Crippen molar-refractivity contribution >= 4 is 6.15 Å². The van der Waals surface area contributed by atoms with Crippen molar-refractivity contribution in [1.82, 2.24) is 0 Å². The summed E-state index contributed by atoms with van der Waals surface area (Å²) < 4.78 is 36.8. The average molecular weight is 260 g/mol. The molecule has 4 nitrogen and oxygen atoms in total. The van der Waals surface area contributed by atoms with Crippen molar-refractivity contribution in [2.45, 2.75) is 19.8 Å². The van der Waals surface area contributed by atoms with Crippen LogP contribution in [0.1, 0.15) is 18.9 Å². The van der Waals surface area contributed by atoms with E-state index < -0.39 is 11.6 Å². The number of methoxy groups -OCH3 is 2. The maximum absolute atomic E-state index is 13.6. The quantitative estimate of drug-likeness (QED) is 0.833. The maximum atomic E-state index is 13.6. The third kappa shape index (κ3) is 3.82. The van der Waals surface area contributed by atoms with Crippen molar-refractivity contribution < 1.29 is 27.8 Å². The van der Waals surface area contributed by atoms with Crippen LogP contribution in [0.15, 0.2) is 6.07 Å². The molecule has 1 rings (SSSR count). The highest BCUT2D eigenvalue weighted by atomic mass is 19.1. The fourth-order valence-electron chi connectivity index (χ4n) is 1.41. The van der Waals surface area contributed by atoms with Crippen molar-refractivity contribution in [1.29, 1.82) is 0 Å². The van der Waals surface area contributed by atoms with Gasteiger partial charge >= 0.3 is 6.15 Å². The summed E-state index contributed by atoms with van der Waals surface area (Å²) in [4.78, 5) is 16.2. The maximum Gasteiger partial charge on any atom is 0.373 e. The first-order valence-electron chi connectivity index (χ1n) is 5.15. The molecule has 0 aliphatic rings. The van der Waals surface area contributed by atoms with Gasteiger partial charge in [0.05, 0.1) is 14.2 Å².